The van der Waals surface area contributed by atoms with Gasteiger partial charge in [-0.05, 0) is 50.5 Å². The molecule has 0 saturated carbocycles. The molecule has 2 heterocycles. The molecule has 5 nitrogen and oxygen atoms in total. The standard InChI is InChI=1S/C25H28N4OS2/c1-18-5-9-21(10-6-18)31-16-11-22(30)29(14-4-13-28-15-12-26-17-28)25-27-23-19(2)7-8-20(3)24(23)32-25/h5-10,12,15,17H,4,11,13-14,16H2,1-3H3. The summed E-state index contributed by atoms with van der Waals surface area (Å²) in [4.78, 5) is 25.4. The SMILES string of the molecule is Cc1ccc(SCCC(=O)N(CCCn2ccnc2)c2nc3c(C)ccc(C)c3s2)cc1. The minimum absolute atomic E-state index is 0.129. The number of carbonyl (C=O) groups is 1. The van der Waals surface area contributed by atoms with Crippen molar-refractivity contribution in [1.82, 2.24) is 14.5 Å². The van der Waals surface area contributed by atoms with E-state index in [2.05, 4.69) is 62.2 Å². The second-order valence-electron chi connectivity index (χ2n) is 7.98. The minimum Gasteiger partial charge on any atom is -0.337 e. The number of nitrogens with zero attached hydrogens (tertiary/aromatic N) is 4. The molecule has 0 aliphatic carbocycles. The van der Waals surface area contributed by atoms with E-state index in [1.54, 1.807) is 29.3 Å². The highest BCUT2D eigenvalue weighted by Crippen LogP contribution is 2.33. The number of thiazole rings is 1. The number of carbonyl (C=O) groups excluding carboxylic acids is 1. The molecule has 0 saturated heterocycles. The molecule has 32 heavy (non-hydrogen) atoms. The Morgan fingerprint density at radius 1 is 1.09 bits per heavy atom. The maximum atomic E-state index is 13.3. The third kappa shape index (κ3) is 5.40. The molecule has 4 aromatic rings. The van der Waals surface area contributed by atoms with E-state index in [0.717, 1.165) is 34.9 Å². The average molecular weight is 465 g/mol. The van der Waals surface area contributed by atoms with Gasteiger partial charge in [0.25, 0.3) is 0 Å². The van der Waals surface area contributed by atoms with Gasteiger partial charge in [0.1, 0.15) is 0 Å². The van der Waals surface area contributed by atoms with Crippen LogP contribution < -0.4 is 4.90 Å². The topological polar surface area (TPSA) is 51.0 Å². The first-order valence-electron chi connectivity index (χ1n) is 10.8. The Kier molecular flexibility index (Phi) is 7.27. The van der Waals surface area contributed by atoms with E-state index in [1.807, 2.05) is 22.0 Å². The van der Waals surface area contributed by atoms with Crippen LogP contribution in [0.3, 0.4) is 0 Å². The predicted molar refractivity (Wildman–Crippen MR) is 135 cm³/mol. The minimum atomic E-state index is 0.129. The lowest BCUT2D eigenvalue weighted by atomic mass is 10.1. The van der Waals surface area contributed by atoms with Gasteiger partial charge in [0.05, 0.1) is 16.5 Å². The zero-order chi connectivity index (χ0) is 22.5. The maximum absolute atomic E-state index is 13.3. The van der Waals surface area contributed by atoms with Crippen molar-refractivity contribution in [2.45, 2.75) is 45.1 Å². The van der Waals surface area contributed by atoms with E-state index < -0.39 is 0 Å². The first-order chi connectivity index (χ1) is 15.5. The number of thioether (sulfide) groups is 1. The molecule has 0 N–H and O–H groups in total. The fourth-order valence-electron chi connectivity index (χ4n) is 3.55. The summed E-state index contributed by atoms with van der Waals surface area (Å²) in [5.74, 6) is 0.882. The molecule has 0 aliphatic heterocycles. The van der Waals surface area contributed by atoms with Crippen molar-refractivity contribution in [3.8, 4) is 0 Å². The van der Waals surface area contributed by atoms with Crippen LogP contribution in [0.2, 0.25) is 0 Å². The van der Waals surface area contributed by atoms with Gasteiger partial charge in [-0.25, -0.2) is 9.97 Å². The first-order valence-corrected chi connectivity index (χ1v) is 12.6. The van der Waals surface area contributed by atoms with Gasteiger partial charge in [0, 0.05) is 42.6 Å². The van der Waals surface area contributed by atoms with Gasteiger partial charge < -0.3 is 4.57 Å². The maximum Gasteiger partial charge on any atom is 0.229 e. The second-order valence-corrected chi connectivity index (χ2v) is 10.1. The van der Waals surface area contributed by atoms with Gasteiger partial charge in [0.2, 0.25) is 5.91 Å². The number of rotatable bonds is 9. The molecule has 0 radical (unpaired) electrons. The molecular weight excluding hydrogens is 436 g/mol. The lowest BCUT2D eigenvalue weighted by molar-refractivity contribution is -0.118. The van der Waals surface area contributed by atoms with Crippen LogP contribution in [0, 0.1) is 20.8 Å². The molecule has 2 aromatic carbocycles. The lowest BCUT2D eigenvalue weighted by Gasteiger charge is -2.20. The van der Waals surface area contributed by atoms with Gasteiger partial charge in [0.15, 0.2) is 5.13 Å². The van der Waals surface area contributed by atoms with E-state index in [9.17, 15) is 4.79 Å². The highest BCUT2D eigenvalue weighted by molar-refractivity contribution is 7.99. The summed E-state index contributed by atoms with van der Waals surface area (Å²) < 4.78 is 3.21. The summed E-state index contributed by atoms with van der Waals surface area (Å²) in [6, 6.07) is 12.7. The number of hydrogen-bond donors (Lipinski definition) is 0. The van der Waals surface area contributed by atoms with Gasteiger partial charge in [-0.1, -0.05) is 41.2 Å². The van der Waals surface area contributed by atoms with E-state index in [4.69, 9.17) is 4.98 Å². The summed E-state index contributed by atoms with van der Waals surface area (Å²) in [5.41, 5.74) is 4.60. The molecule has 0 spiro atoms. The zero-order valence-corrected chi connectivity index (χ0v) is 20.4. The molecule has 166 valence electrons. The fraction of sp³-hybridized carbons (Fsp3) is 0.320. The van der Waals surface area contributed by atoms with Crippen LogP contribution in [-0.4, -0.2) is 32.7 Å². The number of anilines is 1. The predicted octanol–water partition coefficient (Wildman–Crippen LogP) is 6.02. The second kappa shape index (κ2) is 10.3. The molecule has 0 fully saturated rings. The van der Waals surface area contributed by atoms with Gasteiger partial charge in [-0.15, -0.1) is 11.8 Å². The highest BCUT2D eigenvalue weighted by Gasteiger charge is 2.20. The summed E-state index contributed by atoms with van der Waals surface area (Å²) >= 11 is 3.35. The van der Waals surface area contributed by atoms with Gasteiger partial charge in [-0.2, -0.15) is 0 Å². The van der Waals surface area contributed by atoms with Crippen molar-refractivity contribution >= 4 is 44.4 Å². The highest BCUT2D eigenvalue weighted by atomic mass is 32.2. The van der Waals surface area contributed by atoms with Gasteiger partial charge >= 0.3 is 0 Å². The molecule has 7 heteroatoms. The van der Waals surface area contributed by atoms with Crippen LogP contribution in [0.25, 0.3) is 10.2 Å². The molecular formula is C25H28N4OS2. The lowest BCUT2D eigenvalue weighted by Crippen LogP contribution is -2.32. The van der Waals surface area contributed by atoms with Crippen molar-refractivity contribution in [3.05, 3.63) is 71.8 Å². The molecule has 0 unspecified atom stereocenters. The van der Waals surface area contributed by atoms with Crippen LogP contribution in [0.15, 0.2) is 60.0 Å². The molecule has 0 bridgehead atoms. The molecule has 0 aliphatic rings. The summed E-state index contributed by atoms with van der Waals surface area (Å²) in [6.07, 6.45) is 6.88. The number of aryl methyl sites for hydroxylation is 4. The molecule has 1 amide bonds. The van der Waals surface area contributed by atoms with Crippen molar-refractivity contribution in [2.24, 2.45) is 0 Å². The number of imidazole rings is 1. The number of fused-ring (bicyclic) bond motifs is 1. The van der Waals surface area contributed by atoms with Gasteiger partial charge in [-0.3, -0.25) is 9.69 Å². The van der Waals surface area contributed by atoms with Crippen LogP contribution in [0.5, 0.6) is 0 Å². The molecule has 2 aromatic heterocycles. The van der Waals surface area contributed by atoms with Crippen LogP contribution in [0.1, 0.15) is 29.5 Å². The van der Waals surface area contributed by atoms with Crippen LogP contribution in [0.4, 0.5) is 5.13 Å². The number of hydrogen-bond acceptors (Lipinski definition) is 5. The largest absolute Gasteiger partial charge is 0.337 e. The molecule has 0 atom stereocenters. The Morgan fingerprint density at radius 3 is 2.59 bits per heavy atom. The average Bonchev–Trinajstić information content (AvgIpc) is 3.46. The van der Waals surface area contributed by atoms with Crippen molar-refractivity contribution < 1.29 is 4.79 Å². The number of benzene rings is 2. The van der Waals surface area contributed by atoms with E-state index in [0.29, 0.717) is 13.0 Å². The van der Waals surface area contributed by atoms with Crippen LogP contribution >= 0.6 is 23.1 Å². The van der Waals surface area contributed by atoms with E-state index in [1.165, 1.54) is 20.7 Å². The van der Waals surface area contributed by atoms with Crippen molar-refractivity contribution in [2.75, 3.05) is 17.2 Å². The quantitative estimate of drug-likeness (QED) is 0.284. The Balaban J connectivity index is 1.48. The number of amides is 1. The normalized spacial score (nSPS) is 11.2. The Labute approximate surface area is 197 Å². The fourth-order valence-corrected chi connectivity index (χ4v) is 5.54. The van der Waals surface area contributed by atoms with Crippen molar-refractivity contribution in [1.29, 1.82) is 0 Å². The van der Waals surface area contributed by atoms with Crippen LogP contribution in [-0.2, 0) is 11.3 Å². The summed E-state index contributed by atoms with van der Waals surface area (Å²) in [5, 5.41) is 0.799. The monoisotopic (exact) mass is 464 g/mol. The Bertz CT molecular complexity index is 1140. The molecule has 4 rings (SSSR count). The Morgan fingerprint density at radius 2 is 1.88 bits per heavy atom. The van der Waals surface area contributed by atoms with E-state index >= 15 is 0 Å². The van der Waals surface area contributed by atoms with Crippen molar-refractivity contribution in [3.63, 3.8) is 0 Å². The van der Waals surface area contributed by atoms with E-state index in [-0.39, 0.29) is 5.91 Å². The zero-order valence-electron chi connectivity index (χ0n) is 18.7. The summed E-state index contributed by atoms with van der Waals surface area (Å²) in [7, 11) is 0. The first kappa shape index (κ1) is 22.6. The smallest absolute Gasteiger partial charge is 0.229 e. The Hall–Kier alpha value is -2.64. The third-order valence-electron chi connectivity index (χ3n) is 5.43. The summed E-state index contributed by atoms with van der Waals surface area (Å²) in [6.45, 7) is 7.73. The third-order valence-corrected chi connectivity index (χ3v) is 7.65. The number of aromatic nitrogens is 3.